The van der Waals surface area contributed by atoms with E-state index in [9.17, 15) is 0 Å². The number of hydrogen-bond acceptors (Lipinski definition) is 2. The van der Waals surface area contributed by atoms with Gasteiger partial charge < -0.3 is 4.42 Å². The monoisotopic (exact) mass is 126 g/mol. The van der Waals surface area contributed by atoms with E-state index in [1.807, 2.05) is 22.9 Å². The van der Waals surface area contributed by atoms with Gasteiger partial charge in [-0.3, -0.25) is 0 Å². The van der Waals surface area contributed by atoms with Gasteiger partial charge in [-0.25, -0.2) is 0 Å². The molecule has 0 aliphatic heterocycles. The quantitative estimate of drug-likeness (QED) is 0.520. The molecular weight excluding hydrogens is 120 g/mol. The third-order valence-corrected chi connectivity index (χ3v) is 1.22. The van der Waals surface area contributed by atoms with E-state index >= 15 is 0 Å². The van der Waals surface area contributed by atoms with Gasteiger partial charge in [-0.05, 0) is 17.5 Å². The first-order chi connectivity index (χ1) is 4.00. The van der Waals surface area contributed by atoms with Gasteiger partial charge in [0.05, 0.1) is 12.5 Å². The zero-order chi connectivity index (χ0) is 5.66. The summed E-state index contributed by atoms with van der Waals surface area (Å²) in [4.78, 5) is 0. The maximum atomic E-state index is 4.84. The minimum Gasteiger partial charge on any atom is -0.472 e. The van der Waals surface area contributed by atoms with Crippen LogP contribution in [0.4, 0.5) is 0 Å². The van der Waals surface area contributed by atoms with Crippen LogP contribution in [0.2, 0.25) is 0 Å². The third kappa shape index (κ3) is 1.80. The van der Waals surface area contributed by atoms with E-state index in [0.717, 1.165) is 0 Å². The van der Waals surface area contributed by atoms with Gasteiger partial charge >= 0.3 is 0 Å². The van der Waals surface area contributed by atoms with Crippen molar-refractivity contribution >= 4 is 11.3 Å². The van der Waals surface area contributed by atoms with Crippen molar-refractivity contribution in [3.05, 3.63) is 35.4 Å². The van der Waals surface area contributed by atoms with Gasteiger partial charge in [0, 0.05) is 5.38 Å². The molecule has 1 rings (SSSR count). The summed E-state index contributed by atoms with van der Waals surface area (Å²) in [5.74, 6) is 0. The lowest BCUT2D eigenvalue weighted by Gasteiger charge is -1.71. The molecule has 0 atom stereocenters. The summed E-state index contributed by atoms with van der Waals surface area (Å²) in [6.07, 6.45) is 3.28. The van der Waals surface area contributed by atoms with E-state index in [-0.39, 0.29) is 0 Å². The van der Waals surface area contributed by atoms with Gasteiger partial charge in [0.15, 0.2) is 0 Å². The average Bonchev–Trinajstić information content (AvgIpc) is 1.62. The largest absolute Gasteiger partial charge is 0.472 e. The fraction of sp³-hybridized carbons (Fsp3) is 0. The van der Waals surface area contributed by atoms with E-state index in [4.69, 9.17) is 4.42 Å². The molecule has 0 fully saturated rings. The molecule has 0 N–H and O–H groups in total. The first-order valence-corrected chi connectivity index (χ1v) is 3.22. The Morgan fingerprint density at radius 3 is 3.00 bits per heavy atom. The van der Waals surface area contributed by atoms with E-state index in [2.05, 4.69) is 0 Å². The molecule has 1 aromatic heterocycles. The fourth-order valence-corrected chi connectivity index (χ4v) is 0.737. The standard InChI is InChI=1S/C6H6OS/c1-2-5-8-6-4-7-3-1/h1-6H. The first-order valence-electron chi connectivity index (χ1n) is 2.28. The van der Waals surface area contributed by atoms with Crippen molar-refractivity contribution in [1.29, 1.82) is 0 Å². The Bertz CT molecular complexity index is 113. The maximum absolute atomic E-state index is 4.84. The second-order valence-corrected chi connectivity index (χ2v) is 2.02. The Balaban J connectivity index is 3.00. The molecule has 8 heavy (non-hydrogen) atoms. The summed E-state index contributed by atoms with van der Waals surface area (Å²) in [5.41, 5.74) is 0. The molecule has 0 spiro atoms. The topological polar surface area (TPSA) is 13.1 Å². The summed E-state index contributed by atoms with van der Waals surface area (Å²) < 4.78 is 4.84. The SMILES string of the molecule is c1ccsccoc1. The first kappa shape index (κ1) is 5.38. The molecule has 0 radical (unpaired) electrons. The van der Waals surface area contributed by atoms with E-state index in [1.165, 1.54) is 0 Å². The van der Waals surface area contributed by atoms with Crippen LogP contribution in [0.15, 0.2) is 39.8 Å². The molecule has 1 heterocycles. The number of hydrogen-bond donors (Lipinski definition) is 0. The summed E-state index contributed by atoms with van der Waals surface area (Å²) in [7, 11) is 0. The zero-order valence-electron chi connectivity index (χ0n) is 4.28. The highest BCUT2D eigenvalue weighted by Gasteiger charge is 1.59. The van der Waals surface area contributed by atoms with Gasteiger partial charge in [-0.2, -0.15) is 0 Å². The van der Waals surface area contributed by atoms with Crippen molar-refractivity contribution < 1.29 is 4.42 Å². The van der Waals surface area contributed by atoms with Crippen LogP contribution in [-0.2, 0) is 0 Å². The summed E-state index contributed by atoms with van der Waals surface area (Å²) in [6.45, 7) is 0. The van der Waals surface area contributed by atoms with E-state index < -0.39 is 0 Å². The van der Waals surface area contributed by atoms with Crippen LogP contribution in [0.5, 0.6) is 0 Å². The lowest BCUT2D eigenvalue weighted by molar-refractivity contribution is 0.555. The lowest BCUT2D eigenvalue weighted by Crippen LogP contribution is -1.43. The second-order valence-electron chi connectivity index (χ2n) is 1.20. The highest BCUT2D eigenvalue weighted by atomic mass is 32.1. The smallest absolute Gasteiger partial charge is 0.1000 e. The van der Waals surface area contributed by atoms with E-state index in [1.54, 1.807) is 23.9 Å². The fourth-order valence-electron chi connectivity index (χ4n) is 0.336. The predicted octanol–water partition coefficient (Wildman–Crippen LogP) is 2.47. The van der Waals surface area contributed by atoms with Gasteiger partial charge in [0.2, 0.25) is 0 Å². The third-order valence-electron chi connectivity index (χ3n) is 0.638. The van der Waals surface area contributed by atoms with Crippen molar-refractivity contribution in [2.24, 2.45) is 0 Å². The Morgan fingerprint density at radius 2 is 2.00 bits per heavy atom. The summed E-state index contributed by atoms with van der Waals surface area (Å²) in [5, 5.41) is 3.86. The lowest BCUT2D eigenvalue weighted by atomic mass is 10.7. The summed E-state index contributed by atoms with van der Waals surface area (Å²) in [6, 6.07) is 3.77. The molecule has 0 unspecified atom stereocenters. The van der Waals surface area contributed by atoms with Gasteiger partial charge in [-0.1, -0.05) is 0 Å². The molecule has 0 saturated heterocycles. The number of rotatable bonds is 0. The Labute approximate surface area is 51.9 Å². The molecule has 1 aromatic rings. The Morgan fingerprint density at radius 1 is 1.00 bits per heavy atom. The van der Waals surface area contributed by atoms with Crippen molar-refractivity contribution in [2.75, 3.05) is 0 Å². The average molecular weight is 126 g/mol. The zero-order valence-corrected chi connectivity index (χ0v) is 5.10. The Kier molecular flexibility index (Phi) is 2.20. The molecule has 0 bridgehead atoms. The normalized spacial score (nSPS) is 8.00. The van der Waals surface area contributed by atoms with Crippen LogP contribution in [-0.4, -0.2) is 0 Å². The van der Waals surface area contributed by atoms with Gasteiger partial charge in [0.1, 0.15) is 0 Å². The van der Waals surface area contributed by atoms with Crippen LogP contribution in [0.1, 0.15) is 0 Å². The molecule has 42 valence electrons. The molecule has 0 saturated carbocycles. The molecule has 0 amide bonds. The minimum atomic E-state index is 1.59. The highest BCUT2D eigenvalue weighted by Crippen LogP contribution is 1.88. The van der Waals surface area contributed by atoms with Crippen LogP contribution in [0.25, 0.3) is 0 Å². The molecule has 2 heteroatoms. The minimum absolute atomic E-state index is 1.59. The molecule has 1 nitrogen and oxygen atoms in total. The Hall–Kier alpha value is -0.760. The highest BCUT2D eigenvalue weighted by molar-refractivity contribution is 7.07. The van der Waals surface area contributed by atoms with Crippen molar-refractivity contribution in [2.45, 2.75) is 0 Å². The van der Waals surface area contributed by atoms with Crippen LogP contribution >= 0.6 is 11.3 Å². The molecule has 0 aliphatic rings. The predicted molar refractivity (Wildman–Crippen MR) is 34.2 cm³/mol. The van der Waals surface area contributed by atoms with Crippen LogP contribution in [0, 0.1) is 0 Å². The maximum Gasteiger partial charge on any atom is 0.1000 e. The van der Waals surface area contributed by atoms with Crippen molar-refractivity contribution in [3.8, 4) is 0 Å². The van der Waals surface area contributed by atoms with Crippen LogP contribution in [0.3, 0.4) is 0 Å². The van der Waals surface area contributed by atoms with Crippen molar-refractivity contribution in [3.63, 3.8) is 0 Å². The molecule has 0 aromatic carbocycles. The molecule has 0 aliphatic carbocycles. The summed E-state index contributed by atoms with van der Waals surface area (Å²) >= 11 is 1.59. The second kappa shape index (κ2) is 3.27. The van der Waals surface area contributed by atoms with Gasteiger partial charge in [0.25, 0.3) is 0 Å². The van der Waals surface area contributed by atoms with E-state index in [0.29, 0.717) is 0 Å². The van der Waals surface area contributed by atoms with Gasteiger partial charge in [-0.15, -0.1) is 11.3 Å². The van der Waals surface area contributed by atoms with Crippen LogP contribution < -0.4 is 0 Å². The molecular formula is C6H6OS. The van der Waals surface area contributed by atoms with Crippen molar-refractivity contribution in [1.82, 2.24) is 0 Å².